The van der Waals surface area contributed by atoms with Gasteiger partial charge in [0.15, 0.2) is 0 Å². The summed E-state index contributed by atoms with van der Waals surface area (Å²) in [6.45, 7) is 7.28. The average molecular weight is 229 g/mol. The number of carboxylic acid groups (broad SMARTS) is 1. The lowest BCUT2D eigenvalue weighted by molar-refractivity contribution is -0.137. The predicted octanol–water partition coefficient (Wildman–Crippen LogP) is 1.72. The quantitative estimate of drug-likeness (QED) is 0.797. The molecule has 0 bridgehead atoms. The van der Waals surface area contributed by atoms with Gasteiger partial charge in [-0.15, -0.1) is 0 Å². The minimum absolute atomic E-state index is 0.0285. The number of hydrogen-bond acceptors (Lipinski definition) is 3. The molecule has 1 amide bonds. The molecule has 1 heterocycles. The molecule has 1 atom stereocenters. The van der Waals surface area contributed by atoms with E-state index < -0.39 is 5.97 Å². The Hall–Kier alpha value is -1.26. The molecule has 0 spiro atoms. The highest BCUT2D eigenvalue weighted by Gasteiger charge is 2.33. The van der Waals surface area contributed by atoms with Gasteiger partial charge in [-0.1, -0.05) is 20.8 Å². The minimum atomic E-state index is -0.856. The predicted molar refractivity (Wildman–Crippen MR) is 58.2 cm³/mol. The van der Waals surface area contributed by atoms with E-state index in [0.717, 1.165) is 0 Å². The first-order valence-electron chi connectivity index (χ1n) is 5.45. The number of cyclic esters (lactones) is 1. The summed E-state index contributed by atoms with van der Waals surface area (Å²) >= 11 is 0. The van der Waals surface area contributed by atoms with Crippen LogP contribution in [0.2, 0.25) is 0 Å². The van der Waals surface area contributed by atoms with E-state index in [1.54, 1.807) is 4.90 Å². The maximum atomic E-state index is 11.5. The Balaban J connectivity index is 2.41. The topological polar surface area (TPSA) is 66.8 Å². The minimum Gasteiger partial charge on any atom is -0.481 e. The molecule has 1 aliphatic heterocycles. The van der Waals surface area contributed by atoms with Crippen molar-refractivity contribution in [1.82, 2.24) is 4.90 Å². The van der Waals surface area contributed by atoms with Gasteiger partial charge in [0.05, 0.1) is 6.54 Å². The monoisotopic (exact) mass is 229 g/mol. The number of amides is 1. The van der Waals surface area contributed by atoms with Gasteiger partial charge < -0.3 is 14.7 Å². The summed E-state index contributed by atoms with van der Waals surface area (Å²) in [7, 11) is 0. The maximum absolute atomic E-state index is 11.5. The summed E-state index contributed by atoms with van der Waals surface area (Å²) in [5, 5.41) is 8.54. The lowest BCUT2D eigenvalue weighted by atomic mass is 9.96. The number of rotatable bonds is 4. The van der Waals surface area contributed by atoms with Crippen LogP contribution in [0.5, 0.6) is 0 Å². The SMILES string of the molecule is CC(C)(C)CN1CC(CCC(=O)O)OC1=O. The Morgan fingerprint density at radius 1 is 1.56 bits per heavy atom. The van der Waals surface area contributed by atoms with Gasteiger partial charge in [-0.05, 0) is 11.8 Å². The van der Waals surface area contributed by atoms with E-state index in [0.29, 0.717) is 19.5 Å². The van der Waals surface area contributed by atoms with Crippen LogP contribution in [0.4, 0.5) is 4.79 Å². The number of ether oxygens (including phenoxy) is 1. The van der Waals surface area contributed by atoms with Crippen molar-refractivity contribution in [2.45, 2.75) is 39.7 Å². The van der Waals surface area contributed by atoms with Gasteiger partial charge in [0.2, 0.25) is 0 Å². The molecule has 92 valence electrons. The van der Waals surface area contributed by atoms with Crippen LogP contribution in [0.3, 0.4) is 0 Å². The molecule has 0 aromatic rings. The molecule has 16 heavy (non-hydrogen) atoms. The molecule has 1 N–H and O–H groups in total. The molecule has 5 nitrogen and oxygen atoms in total. The summed E-state index contributed by atoms with van der Waals surface area (Å²) in [4.78, 5) is 23.5. The summed E-state index contributed by atoms with van der Waals surface area (Å²) < 4.78 is 5.09. The Labute approximate surface area is 95.4 Å². The number of carbonyl (C=O) groups is 2. The third kappa shape index (κ3) is 4.08. The molecule has 0 saturated carbocycles. The smallest absolute Gasteiger partial charge is 0.410 e. The second kappa shape index (κ2) is 4.72. The number of nitrogens with zero attached hydrogens (tertiary/aromatic N) is 1. The average Bonchev–Trinajstić information content (AvgIpc) is 2.41. The molecule has 0 aromatic heterocycles. The maximum Gasteiger partial charge on any atom is 0.410 e. The van der Waals surface area contributed by atoms with E-state index in [1.807, 2.05) is 20.8 Å². The van der Waals surface area contributed by atoms with Gasteiger partial charge in [-0.25, -0.2) is 4.79 Å². The first kappa shape index (κ1) is 12.8. The van der Waals surface area contributed by atoms with Crippen LogP contribution >= 0.6 is 0 Å². The molecule has 1 rings (SSSR count). The van der Waals surface area contributed by atoms with Crippen molar-refractivity contribution >= 4 is 12.1 Å². The summed E-state index contributed by atoms with van der Waals surface area (Å²) in [5.41, 5.74) is 0.0285. The van der Waals surface area contributed by atoms with Crippen LogP contribution in [0.15, 0.2) is 0 Å². The summed E-state index contributed by atoms with van der Waals surface area (Å²) in [6.07, 6.45) is -0.167. The van der Waals surface area contributed by atoms with Gasteiger partial charge in [0, 0.05) is 13.0 Å². The molecular formula is C11H19NO4. The highest BCUT2D eigenvalue weighted by Crippen LogP contribution is 2.21. The normalized spacial score (nSPS) is 21.1. The van der Waals surface area contributed by atoms with Crippen LogP contribution in [0.1, 0.15) is 33.6 Å². The third-order valence-electron chi connectivity index (χ3n) is 2.30. The molecule has 0 aromatic carbocycles. The van der Waals surface area contributed by atoms with Crippen molar-refractivity contribution in [2.24, 2.45) is 5.41 Å². The molecule has 1 fully saturated rings. The Morgan fingerprint density at radius 2 is 2.19 bits per heavy atom. The molecule has 1 unspecified atom stereocenters. The standard InChI is InChI=1S/C11H19NO4/c1-11(2,3)7-12-6-8(16-10(12)15)4-5-9(13)14/h8H,4-7H2,1-3H3,(H,13,14). The van der Waals surface area contributed by atoms with Crippen molar-refractivity contribution in [1.29, 1.82) is 0 Å². The van der Waals surface area contributed by atoms with Crippen molar-refractivity contribution in [3.05, 3.63) is 0 Å². The second-order valence-electron chi connectivity index (χ2n) is 5.38. The fourth-order valence-corrected chi connectivity index (χ4v) is 1.71. The zero-order valence-corrected chi connectivity index (χ0v) is 10.0. The molecule has 0 radical (unpaired) electrons. The zero-order chi connectivity index (χ0) is 12.3. The van der Waals surface area contributed by atoms with E-state index in [1.165, 1.54) is 0 Å². The highest BCUT2D eigenvalue weighted by molar-refractivity contribution is 5.70. The van der Waals surface area contributed by atoms with Gasteiger partial charge in [0.1, 0.15) is 6.10 Å². The van der Waals surface area contributed by atoms with E-state index in [-0.39, 0.29) is 24.0 Å². The largest absolute Gasteiger partial charge is 0.481 e. The number of aliphatic carboxylic acids is 1. The van der Waals surface area contributed by atoms with Crippen molar-refractivity contribution in [3.63, 3.8) is 0 Å². The van der Waals surface area contributed by atoms with Crippen molar-refractivity contribution in [3.8, 4) is 0 Å². The molecular weight excluding hydrogens is 210 g/mol. The lowest BCUT2D eigenvalue weighted by Crippen LogP contribution is -2.33. The lowest BCUT2D eigenvalue weighted by Gasteiger charge is -2.24. The fourth-order valence-electron chi connectivity index (χ4n) is 1.71. The van der Waals surface area contributed by atoms with Gasteiger partial charge in [-0.2, -0.15) is 0 Å². The van der Waals surface area contributed by atoms with E-state index in [2.05, 4.69) is 0 Å². The van der Waals surface area contributed by atoms with Gasteiger partial charge >= 0.3 is 12.1 Å². The first-order chi connectivity index (χ1) is 7.28. The van der Waals surface area contributed by atoms with Crippen LogP contribution in [-0.4, -0.2) is 41.3 Å². The van der Waals surface area contributed by atoms with Crippen molar-refractivity contribution < 1.29 is 19.4 Å². The molecule has 1 aliphatic rings. The molecule has 0 aliphatic carbocycles. The first-order valence-corrected chi connectivity index (χ1v) is 5.45. The Morgan fingerprint density at radius 3 is 2.69 bits per heavy atom. The molecule has 1 saturated heterocycles. The second-order valence-corrected chi connectivity index (χ2v) is 5.38. The number of hydrogen-bond donors (Lipinski definition) is 1. The summed E-state index contributed by atoms with van der Waals surface area (Å²) in [5.74, 6) is -0.856. The number of carboxylic acids is 1. The van der Waals surface area contributed by atoms with E-state index in [4.69, 9.17) is 9.84 Å². The highest BCUT2D eigenvalue weighted by atomic mass is 16.6. The van der Waals surface area contributed by atoms with Gasteiger partial charge in [-0.3, -0.25) is 4.79 Å². The van der Waals surface area contributed by atoms with Crippen molar-refractivity contribution in [2.75, 3.05) is 13.1 Å². The Kier molecular flexibility index (Phi) is 3.78. The van der Waals surface area contributed by atoms with E-state index >= 15 is 0 Å². The number of carbonyl (C=O) groups excluding carboxylic acids is 1. The summed E-state index contributed by atoms with van der Waals surface area (Å²) in [6, 6.07) is 0. The van der Waals surface area contributed by atoms with Crippen LogP contribution in [0.25, 0.3) is 0 Å². The molecule has 5 heteroatoms. The zero-order valence-electron chi connectivity index (χ0n) is 10.0. The van der Waals surface area contributed by atoms with Gasteiger partial charge in [0.25, 0.3) is 0 Å². The van der Waals surface area contributed by atoms with E-state index in [9.17, 15) is 9.59 Å². The fraction of sp³-hybridized carbons (Fsp3) is 0.818. The Bertz CT molecular complexity index is 282. The van der Waals surface area contributed by atoms with Crippen LogP contribution in [-0.2, 0) is 9.53 Å². The third-order valence-corrected chi connectivity index (χ3v) is 2.30. The van der Waals surface area contributed by atoms with Crippen LogP contribution < -0.4 is 0 Å². The van der Waals surface area contributed by atoms with Crippen LogP contribution in [0, 0.1) is 5.41 Å².